The van der Waals surface area contributed by atoms with Gasteiger partial charge in [-0.2, -0.15) is 0 Å². The number of furan rings is 1. The molecule has 5 rings (SSSR count). The van der Waals surface area contributed by atoms with Crippen LogP contribution in [0.15, 0.2) is 28.7 Å². The second kappa shape index (κ2) is 5.33. The van der Waals surface area contributed by atoms with Crippen LogP contribution in [-0.2, 0) is 14.3 Å². The summed E-state index contributed by atoms with van der Waals surface area (Å²) in [5.41, 5.74) is 0.578. The number of ether oxygens (including phenoxy) is 1. The van der Waals surface area contributed by atoms with E-state index >= 15 is 0 Å². The van der Waals surface area contributed by atoms with Crippen molar-refractivity contribution in [3.05, 3.63) is 47.2 Å². The smallest absolute Gasteiger partial charge is 0.154 e. The van der Waals surface area contributed by atoms with Gasteiger partial charge in [0, 0.05) is 11.6 Å². The van der Waals surface area contributed by atoms with Crippen molar-refractivity contribution in [3.63, 3.8) is 0 Å². The molecule has 2 saturated heterocycles. The standard InChI is InChI=1S/C20H16F2O4/c1-8-11(7-15(25-8)10-3-2-9(21)6-12(10)22)16-19(23)17-13-4-5-14(26-13)18(17)20(16)24/h2-3,6-7,13-14,16-18H,4-5H2,1H3/t13-,14+,16?,17+,18-. The third kappa shape index (κ3) is 2.02. The summed E-state index contributed by atoms with van der Waals surface area (Å²) < 4.78 is 38.6. The maximum absolute atomic E-state index is 14.1. The molecule has 1 aromatic carbocycles. The molecule has 2 aromatic rings. The average Bonchev–Trinajstić information content (AvgIpc) is 3.33. The fourth-order valence-electron chi connectivity index (χ4n) is 4.84. The molecule has 2 aliphatic heterocycles. The number of halogens is 2. The monoisotopic (exact) mass is 358 g/mol. The summed E-state index contributed by atoms with van der Waals surface area (Å²) in [4.78, 5) is 25.9. The highest BCUT2D eigenvalue weighted by atomic mass is 19.1. The number of Topliss-reactive ketones (excluding diaryl/α,β-unsaturated/α-hetero) is 2. The molecule has 1 saturated carbocycles. The Bertz CT molecular complexity index is 919. The Morgan fingerprint density at radius 3 is 2.27 bits per heavy atom. The molecule has 134 valence electrons. The average molecular weight is 358 g/mol. The minimum absolute atomic E-state index is 0.0993. The van der Waals surface area contributed by atoms with Crippen molar-refractivity contribution < 1.29 is 27.5 Å². The molecule has 1 aliphatic carbocycles. The normalized spacial score (nSPS) is 32.5. The summed E-state index contributed by atoms with van der Waals surface area (Å²) in [5, 5.41) is 0. The van der Waals surface area contributed by atoms with Crippen LogP contribution in [0, 0.1) is 30.4 Å². The number of rotatable bonds is 2. The zero-order valence-corrected chi connectivity index (χ0v) is 14.0. The molecule has 0 amide bonds. The lowest BCUT2D eigenvalue weighted by molar-refractivity contribution is -0.127. The van der Waals surface area contributed by atoms with Crippen molar-refractivity contribution >= 4 is 11.6 Å². The lowest BCUT2D eigenvalue weighted by Crippen LogP contribution is -2.29. The molecule has 3 fully saturated rings. The summed E-state index contributed by atoms with van der Waals surface area (Å²) >= 11 is 0. The Morgan fingerprint density at radius 2 is 1.65 bits per heavy atom. The second-order valence-corrected chi connectivity index (χ2v) is 7.33. The number of hydrogen-bond acceptors (Lipinski definition) is 4. The van der Waals surface area contributed by atoms with E-state index in [1.165, 1.54) is 12.1 Å². The predicted molar refractivity (Wildman–Crippen MR) is 86.4 cm³/mol. The van der Waals surface area contributed by atoms with Gasteiger partial charge in [0.05, 0.1) is 29.6 Å². The number of aryl methyl sites for hydroxylation is 1. The summed E-state index contributed by atoms with van der Waals surface area (Å²) in [7, 11) is 0. The van der Waals surface area contributed by atoms with E-state index in [4.69, 9.17) is 9.15 Å². The first-order valence-corrected chi connectivity index (χ1v) is 8.74. The van der Waals surface area contributed by atoms with Gasteiger partial charge in [0.1, 0.15) is 29.1 Å². The molecule has 1 aromatic heterocycles. The predicted octanol–water partition coefficient (Wildman–Crippen LogP) is 3.56. The Balaban J connectivity index is 1.54. The highest BCUT2D eigenvalue weighted by Gasteiger charge is 2.63. The van der Waals surface area contributed by atoms with E-state index in [9.17, 15) is 18.4 Å². The first-order chi connectivity index (χ1) is 12.5. The van der Waals surface area contributed by atoms with Crippen molar-refractivity contribution in [2.75, 3.05) is 0 Å². The van der Waals surface area contributed by atoms with E-state index in [1.807, 2.05) is 0 Å². The molecule has 3 aliphatic rings. The van der Waals surface area contributed by atoms with Crippen LogP contribution in [0.2, 0.25) is 0 Å². The minimum Gasteiger partial charge on any atom is -0.461 e. The first kappa shape index (κ1) is 15.9. The molecule has 26 heavy (non-hydrogen) atoms. The van der Waals surface area contributed by atoms with Gasteiger partial charge in [0.25, 0.3) is 0 Å². The van der Waals surface area contributed by atoms with Crippen LogP contribution < -0.4 is 0 Å². The molecule has 2 bridgehead atoms. The van der Waals surface area contributed by atoms with E-state index in [-0.39, 0.29) is 46.9 Å². The van der Waals surface area contributed by atoms with Crippen LogP contribution in [0.25, 0.3) is 11.3 Å². The largest absolute Gasteiger partial charge is 0.461 e. The summed E-state index contributed by atoms with van der Waals surface area (Å²) in [5.74, 6) is -2.70. The number of benzene rings is 1. The van der Waals surface area contributed by atoms with Gasteiger partial charge in [0.2, 0.25) is 0 Å². The second-order valence-electron chi connectivity index (χ2n) is 7.33. The zero-order chi connectivity index (χ0) is 18.2. The van der Waals surface area contributed by atoms with Crippen LogP contribution in [0.4, 0.5) is 8.78 Å². The molecule has 6 heteroatoms. The van der Waals surface area contributed by atoms with E-state index in [0.29, 0.717) is 11.3 Å². The Morgan fingerprint density at radius 1 is 1.00 bits per heavy atom. The molecule has 4 nitrogen and oxygen atoms in total. The Kier molecular flexibility index (Phi) is 3.26. The van der Waals surface area contributed by atoms with Crippen molar-refractivity contribution in [1.82, 2.24) is 0 Å². The molecule has 5 atom stereocenters. The molecule has 0 spiro atoms. The van der Waals surface area contributed by atoms with Crippen LogP contribution in [0.5, 0.6) is 0 Å². The van der Waals surface area contributed by atoms with Crippen LogP contribution >= 0.6 is 0 Å². The van der Waals surface area contributed by atoms with E-state index in [0.717, 1.165) is 25.0 Å². The number of carbonyl (C=O) groups excluding carboxylic acids is 2. The Labute approximate surface area is 148 Å². The number of ketones is 2. The lowest BCUT2D eigenvalue weighted by atomic mass is 9.81. The first-order valence-electron chi connectivity index (χ1n) is 8.74. The van der Waals surface area contributed by atoms with E-state index < -0.39 is 17.6 Å². The summed E-state index contributed by atoms with van der Waals surface area (Å²) in [6, 6.07) is 4.74. The SMILES string of the molecule is Cc1oc(-c2ccc(F)cc2F)cc1C1C(=O)[C@@H]2[C@H](C1=O)[C@@H]1CC[C@H]2O1. The molecule has 3 heterocycles. The molecule has 0 N–H and O–H groups in total. The van der Waals surface area contributed by atoms with Crippen LogP contribution in [0.1, 0.15) is 30.1 Å². The highest BCUT2D eigenvalue weighted by Crippen LogP contribution is 2.53. The van der Waals surface area contributed by atoms with Crippen molar-refractivity contribution in [2.45, 2.75) is 37.9 Å². The quantitative estimate of drug-likeness (QED) is 0.771. The van der Waals surface area contributed by atoms with Crippen molar-refractivity contribution in [1.29, 1.82) is 0 Å². The van der Waals surface area contributed by atoms with Gasteiger partial charge in [-0.3, -0.25) is 9.59 Å². The van der Waals surface area contributed by atoms with Gasteiger partial charge >= 0.3 is 0 Å². The fourth-order valence-corrected chi connectivity index (χ4v) is 4.84. The molecule has 1 unspecified atom stereocenters. The summed E-state index contributed by atoms with van der Waals surface area (Å²) in [6.45, 7) is 1.65. The van der Waals surface area contributed by atoms with Crippen LogP contribution in [-0.4, -0.2) is 23.8 Å². The number of fused-ring (bicyclic) bond motifs is 5. The van der Waals surface area contributed by atoms with Gasteiger partial charge in [-0.1, -0.05) is 0 Å². The number of hydrogen-bond donors (Lipinski definition) is 0. The third-order valence-corrected chi connectivity index (χ3v) is 5.96. The van der Waals surface area contributed by atoms with Gasteiger partial charge in [-0.05, 0) is 38.0 Å². The van der Waals surface area contributed by atoms with Crippen molar-refractivity contribution in [2.24, 2.45) is 11.8 Å². The zero-order valence-electron chi connectivity index (χ0n) is 14.0. The van der Waals surface area contributed by atoms with Gasteiger partial charge in [-0.15, -0.1) is 0 Å². The molecule has 0 radical (unpaired) electrons. The van der Waals surface area contributed by atoms with Gasteiger partial charge in [0.15, 0.2) is 11.6 Å². The van der Waals surface area contributed by atoms with E-state index in [2.05, 4.69) is 0 Å². The molecular weight excluding hydrogens is 342 g/mol. The van der Waals surface area contributed by atoms with Crippen molar-refractivity contribution in [3.8, 4) is 11.3 Å². The van der Waals surface area contributed by atoms with E-state index in [1.54, 1.807) is 6.92 Å². The maximum Gasteiger partial charge on any atom is 0.154 e. The Hall–Kier alpha value is -2.34. The maximum atomic E-state index is 14.1. The van der Waals surface area contributed by atoms with Crippen LogP contribution in [0.3, 0.4) is 0 Å². The number of carbonyl (C=O) groups is 2. The lowest BCUT2D eigenvalue weighted by Gasteiger charge is -2.16. The molecular formula is C20H16F2O4. The highest BCUT2D eigenvalue weighted by molar-refractivity contribution is 6.17. The third-order valence-electron chi connectivity index (χ3n) is 5.96. The van der Waals surface area contributed by atoms with Gasteiger partial charge < -0.3 is 9.15 Å². The fraction of sp³-hybridized carbons (Fsp3) is 0.400. The topological polar surface area (TPSA) is 56.5 Å². The minimum atomic E-state index is -0.877. The summed E-state index contributed by atoms with van der Waals surface area (Å²) in [6.07, 6.45) is 1.31. The van der Waals surface area contributed by atoms with Gasteiger partial charge in [-0.25, -0.2) is 8.78 Å².